The van der Waals surface area contributed by atoms with Crippen LogP contribution in [0.15, 0.2) is 12.4 Å². The lowest BCUT2D eigenvalue weighted by atomic mass is 10.2. The van der Waals surface area contributed by atoms with E-state index < -0.39 is 0 Å². The van der Waals surface area contributed by atoms with Gasteiger partial charge in [0, 0.05) is 38.6 Å². The van der Waals surface area contributed by atoms with Gasteiger partial charge in [-0.1, -0.05) is 0 Å². The number of hydrogen-bond donors (Lipinski definition) is 1. The Balaban J connectivity index is 1.60. The van der Waals surface area contributed by atoms with E-state index in [2.05, 4.69) is 14.9 Å². The van der Waals surface area contributed by atoms with E-state index in [1.807, 2.05) is 19.3 Å². The molecular weight excluding hydrogens is 178 g/mol. The van der Waals surface area contributed by atoms with E-state index in [4.69, 9.17) is 4.74 Å². The molecule has 0 amide bonds. The Morgan fingerprint density at radius 2 is 2.50 bits per heavy atom. The van der Waals surface area contributed by atoms with E-state index in [9.17, 15) is 0 Å². The van der Waals surface area contributed by atoms with Crippen LogP contribution in [0.25, 0.3) is 0 Å². The molecule has 1 aliphatic rings. The predicted octanol–water partition coefficient (Wildman–Crippen LogP) is 0.570. The smallest absolute Gasteiger partial charge is 0.105 e. The maximum atomic E-state index is 5.62. The van der Waals surface area contributed by atoms with Crippen LogP contribution < -0.4 is 5.32 Å². The molecule has 0 aliphatic carbocycles. The monoisotopic (exact) mass is 195 g/mol. The fourth-order valence-corrected chi connectivity index (χ4v) is 1.50. The van der Waals surface area contributed by atoms with E-state index in [-0.39, 0.29) is 0 Å². The molecule has 0 aromatic carbocycles. The SMILES string of the molecule is Cc1nccn1CCCOC1CNC1. The van der Waals surface area contributed by atoms with Crippen molar-refractivity contribution in [3.63, 3.8) is 0 Å². The Labute approximate surface area is 84.3 Å². The molecule has 2 heterocycles. The molecule has 4 nitrogen and oxygen atoms in total. The van der Waals surface area contributed by atoms with Crippen LogP contribution >= 0.6 is 0 Å². The Morgan fingerprint density at radius 1 is 1.64 bits per heavy atom. The van der Waals surface area contributed by atoms with Gasteiger partial charge in [-0.3, -0.25) is 0 Å². The van der Waals surface area contributed by atoms with Crippen LogP contribution in [-0.4, -0.2) is 35.4 Å². The molecule has 1 aromatic rings. The second-order valence-corrected chi connectivity index (χ2v) is 3.67. The summed E-state index contributed by atoms with van der Waals surface area (Å²) in [7, 11) is 0. The summed E-state index contributed by atoms with van der Waals surface area (Å²) in [5.74, 6) is 1.08. The standard InChI is InChI=1S/C10H17N3O/c1-9-12-3-5-13(9)4-2-6-14-10-7-11-8-10/h3,5,10-11H,2,4,6-8H2,1H3. The summed E-state index contributed by atoms with van der Waals surface area (Å²) in [6.07, 6.45) is 5.37. The predicted molar refractivity (Wildman–Crippen MR) is 54.2 cm³/mol. The summed E-state index contributed by atoms with van der Waals surface area (Å²) in [5, 5.41) is 3.18. The minimum Gasteiger partial charge on any atom is -0.376 e. The van der Waals surface area contributed by atoms with E-state index in [0.717, 1.165) is 38.5 Å². The van der Waals surface area contributed by atoms with Gasteiger partial charge in [0.15, 0.2) is 0 Å². The van der Waals surface area contributed by atoms with E-state index in [0.29, 0.717) is 6.10 Å². The number of aryl methyl sites for hydroxylation is 2. The van der Waals surface area contributed by atoms with Crippen molar-refractivity contribution >= 4 is 0 Å². The van der Waals surface area contributed by atoms with Crippen LogP contribution in [0.4, 0.5) is 0 Å². The Hall–Kier alpha value is -0.870. The Bertz CT molecular complexity index is 281. The maximum absolute atomic E-state index is 5.62. The van der Waals surface area contributed by atoms with Gasteiger partial charge in [0.2, 0.25) is 0 Å². The summed E-state index contributed by atoms with van der Waals surface area (Å²) in [4.78, 5) is 4.17. The van der Waals surface area contributed by atoms with E-state index in [1.165, 1.54) is 0 Å². The number of aromatic nitrogens is 2. The van der Waals surface area contributed by atoms with Crippen molar-refractivity contribution < 1.29 is 4.74 Å². The number of imidazole rings is 1. The van der Waals surface area contributed by atoms with Crippen molar-refractivity contribution in [1.29, 1.82) is 0 Å². The van der Waals surface area contributed by atoms with Gasteiger partial charge in [-0.15, -0.1) is 0 Å². The molecule has 1 saturated heterocycles. The first-order valence-corrected chi connectivity index (χ1v) is 5.16. The van der Waals surface area contributed by atoms with Gasteiger partial charge in [-0.05, 0) is 13.3 Å². The molecule has 1 N–H and O–H groups in total. The molecule has 1 aliphatic heterocycles. The minimum absolute atomic E-state index is 0.457. The highest BCUT2D eigenvalue weighted by Crippen LogP contribution is 2.01. The highest BCUT2D eigenvalue weighted by Gasteiger charge is 2.16. The lowest BCUT2D eigenvalue weighted by Crippen LogP contribution is -2.48. The van der Waals surface area contributed by atoms with Crippen molar-refractivity contribution in [3.05, 3.63) is 18.2 Å². The summed E-state index contributed by atoms with van der Waals surface area (Å²) in [6.45, 7) is 5.92. The van der Waals surface area contributed by atoms with Crippen LogP contribution in [0, 0.1) is 6.92 Å². The molecule has 0 atom stereocenters. The van der Waals surface area contributed by atoms with Gasteiger partial charge in [0.1, 0.15) is 5.82 Å². The first kappa shape index (κ1) is 9.68. The topological polar surface area (TPSA) is 39.1 Å². The Morgan fingerprint density at radius 3 is 3.07 bits per heavy atom. The minimum atomic E-state index is 0.457. The van der Waals surface area contributed by atoms with Crippen LogP contribution in [0.3, 0.4) is 0 Å². The van der Waals surface area contributed by atoms with Gasteiger partial charge in [-0.25, -0.2) is 4.98 Å². The lowest BCUT2D eigenvalue weighted by molar-refractivity contribution is 0.0163. The van der Waals surface area contributed by atoms with E-state index >= 15 is 0 Å². The second-order valence-electron chi connectivity index (χ2n) is 3.67. The summed E-state index contributed by atoms with van der Waals surface area (Å²) in [6, 6.07) is 0. The zero-order chi connectivity index (χ0) is 9.80. The maximum Gasteiger partial charge on any atom is 0.105 e. The zero-order valence-corrected chi connectivity index (χ0v) is 8.57. The first-order valence-electron chi connectivity index (χ1n) is 5.16. The third-order valence-corrected chi connectivity index (χ3v) is 2.56. The molecule has 0 bridgehead atoms. The molecule has 78 valence electrons. The van der Waals surface area contributed by atoms with Gasteiger partial charge in [0.05, 0.1) is 6.10 Å². The second kappa shape index (κ2) is 4.57. The molecule has 4 heteroatoms. The van der Waals surface area contributed by atoms with Crippen molar-refractivity contribution in [1.82, 2.24) is 14.9 Å². The van der Waals surface area contributed by atoms with E-state index in [1.54, 1.807) is 0 Å². The van der Waals surface area contributed by atoms with Gasteiger partial charge in [-0.2, -0.15) is 0 Å². The number of rotatable bonds is 5. The van der Waals surface area contributed by atoms with Crippen LogP contribution in [-0.2, 0) is 11.3 Å². The molecule has 0 spiro atoms. The molecule has 14 heavy (non-hydrogen) atoms. The first-order chi connectivity index (χ1) is 6.86. The fraction of sp³-hybridized carbons (Fsp3) is 0.700. The van der Waals surface area contributed by atoms with Gasteiger partial charge in [0.25, 0.3) is 0 Å². The molecule has 1 fully saturated rings. The number of nitrogens with one attached hydrogen (secondary N) is 1. The number of hydrogen-bond acceptors (Lipinski definition) is 3. The number of ether oxygens (including phenoxy) is 1. The molecule has 2 rings (SSSR count). The summed E-state index contributed by atoms with van der Waals surface area (Å²) < 4.78 is 7.77. The normalized spacial score (nSPS) is 16.9. The highest BCUT2D eigenvalue weighted by atomic mass is 16.5. The van der Waals surface area contributed by atoms with Crippen LogP contribution in [0.1, 0.15) is 12.2 Å². The van der Waals surface area contributed by atoms with Crippen molar-refractivity contribution in [2.75, 3.05) is 19.7 Å². The van der Waals surface area contributed by atoms with Gasteiger partial charge >= 0.3 is 0 Å². The highest BCUT2D eigenvalue weighted by molar-refractivity contribution is 4.88. The lowest BCUT2D eigenvalue weighted by Gasteiger charge is -2.27. The molecule has 1 aromatic heterocycles. The molecule has 0 unspecified atom stereocenters. The third kappa shape index (κ3) is 2.33. The average molecular weight is 195 g/mol. The Kier molecular flexibility index (Phi) is 3.16. The largest absolute Gasteiger partial charge is 0.376 e. The quantitative estimate of drug-likeness (QED) is 0.698. The zero-order valence-electron chi connectivity index (χ0n) is 8.57. The van der Waals surface area contributed by atoms with Crippen molar-refractivity contribution in [3.8, 4) is 0 Å². The van der Waals surface area contributed by atoms with Crippen LogP contribution in [0.2, 0.25) is 0 Å². The molecule has 0 radical (unpaired) electrons. The van der Waals surface area contributed by atoms with Crippen molar-refractivity contribution in [2.24, 2.45) is 0 Å². The van der Waals surface area contributed by atoms with Gasteiger partial charge < -0.3 is 14.6 Å². The molecular formula is C10H17N3O. The fourth-order valence-electron chi connectivity index (χ4n) is 1.50. The van der Waals surface area contributed by atoms with Crippen molar-refractivity contribution in [2.45, 2.75) is 26.0 Å². The third-order valence-electron chi connectivity index (χ3n) is 2.56. The van der Waals surface area contributed by atoms with Crippen LogP contribution in [0.5, 0.6) is 0 Å². The summed E-state index contributed by atoms with van der Waals surface area (Å²) >= 11 is 0. The number of nitrogens with zero attached hydrogens (tertiary/aromatic N) is 2. The summed E-state index contributed by atoms with van der Waals surface area (Å²) in [5.41, 5.74) is 0. The molecule has 0 saturated carbocycles. The average Bonchev–Trinajstić information content (AvgIpc) is 2.48.